The lowest BCUT2D eigenvalue weighted by molar-refractivity contribution is 0.170. The molecule has 1 fully saturated rings. The topological polar surface area (TPSA) is 32.6 Å². The highest BCUT2D eigenvalue weighted by molar-refractivity contribution is 5.87. The Morgan fingerprint density at radius 3 is 1.79 bits per heavy atom. The first-order valence-corrected chi connectivity index (χ1v) is 12.7. The number of nitrogens with zero attached hydrogens (tertiary/aromatic N) is 1. The molecule has 1 N–H and O–H groups in total. The lowest BCUT2D eigenvalue weighted by Crippen LogP contribution is -2.27. The van der Waals surface area contributed by atoms with Crippen molar-refractivity contribution in [2.24, 2.45) is 16.3 Å². The summed E-state index contributed by atoms with van der Waals surface area (Å²) in [6.45, 7) is 11.3. The van der Waals surface area contributed by atoms with Gasteiger partial charge in [-0.1, -0.05) is 93.6 Å². The molecule has 2 heteroatoms. The molecule has 0 atom stereocenters. The van der Waals surface area contributed by atoms with Crippen molar-refractivity contribution < 1.29 is 5.11 Å². The molecule has 178 valence electrons. The summed E-state index contributed by atoms with van der Waals surface area (Å²) in [6, 6.07) is 25.5. The van der Waals surface area contributed by atoms with Crippen LogP contribution in [0.1, 0.15) is 81.2 Å². The summed E-state index contributed by atoms with van der Waals surface area (Å²) in [5.74, 6) is 1.11. The number of benzene rings is 3. The van der Waals surface area contributed by atoms with Crippen LogP contribution in [0.3, 0.4) is 0 Å². The van der Waals surface area contributed by atoms with Crippen LogP contribution in [0.5, 0.6) is 5.75 Å². The van der Waals surface area contributed by atoms with Gasteiger partial charge in [0, 0.05) is 28.8 Å². The van der Waals surface area contributed by atoms with E-state index in [0.717, 1.165) is 46.6 Å². The summed E-state index contributed by atoms with van der Waals surface area (Å²) in [5.41, 5.74) is 5.01. The van der Waals surface area contributed by atoms with E-state index in [1.165, 1.54) is 12.8 Å². The molecule has 2 nitrogen and oxygen atoms in total. The van der Waals surface area contributed by atoms with Gasteiger partial charge in [0.15, 0.2) is 0 Å². The highest BCUT2D eigenvalue weighted by Gasteiger charge is 2.34. The first-order valence-electron chi connectivity index (χ1n) is 12.7. The van der Waals surface area contributed by atoms with Crippen molar-refractivity contribution in [2.45, 2.75) is 71.8 Å². The van der Waals surface area contributed by atoms with Gasteiger partial charge < -0.3 is 5.11 Å². The van der Waals surface area contributed by atoms with Crippen molar-refractivity contribution in [1.29, 1.82) is 0 Å². The van der Waals surface area contributed by atoms with E-state index in [2.05, 4.69) is 95.3 Å². The molecule has 3 aromatic carbocycles. The standard InChI is InChI=1S/C32H39NO/c1-23-16-21-29(32(5,25-12-8-6-9-13-25)26-14-10-7-11-15-26)30(34)28(23)22-33-27-19-17-24(18-20-27)31(2,3)4/h6-16,21-22,24,27,34H,17-20H2,1-5H3. The molecule has 3 aromatic rings. The quantitative estimate of drug-likeness (QED) is 0.307. The smallest absolute Gasteiger partial charge is 0.129 e. The molecule has 0 aromatic heterocycles. The molecule has 0 radical (unpaired) electrons. The predicted molar refractivity (Wildman–Crippen MR) is 144 cm³/mol. The number of hydrogen-bond acceptors (Lipinski definition) is 2. The Morgan fingerprint density at radius 2 is 1.29 bits per heavy atom. The van der Waals surface area contributed by atoms with E-state index in [-0.39, 0.29) is 0 Å². The molecular weight excluding hydrogens is 414 g/mol. The van der Waals surface area contributed by atoms with Gasteiger partial charge in [-0.25, -0.2) is 0 Å². The minimum absolute atomic E-state index is 0.335. The van der Waals surface area contributed by atoms with Crippen molar-refractivity contribution in [1.82, 2.24) is 0 Å². The van der Waals surface area contributed by atoms with Gasteiger partial charge in [0.25, 0.3) is 0 Å². The van der Waals surface area contributed by atoms with Gasteiger partial charge in [-0.2, -0.15) is 0 Å². The monoisotopic (exact) mass is 453 g/mol. The average molecular weight is 454 g/mol. The third-order valence-corrected chi connectivity index (χ3v) is 8.01. The first kappa shape index (κ1) is 24.3. The van der Waals surface area contributed by atoms with Crippen molar-refractivity contribution in [2.75, 3.05) is 0 Å². The Balaban J connectivity index is 1.70. The van der Waals surface area contributed by atoms with Crippen LogP contribution in [-0.4, -0.2) is 17.4 Å². The third kappa shape index (κ3) is 4.82. The number of aromatic hydroxyl groups is 1. The van der Waals surface area contributed by atoms with E-state index in [1.807, 2.05) is 18.3 Å². The molecule has 34 heavy (non-hydrogen) atoms. The Bertz CT molecular complexity index is 1080. The highest BCUT2D eigenvalue weighted by Crippen LogP contribution is 2.44. The Morgan fingerprint density at radius 1 is 0.765 bits per heavy atom. The maximum atomic E-state index is 11.6. The van der Waals surface area contributed by atoms with Crippen LogP contribution in [-0.2, 0) is 5.41 Å². The first-order chi connectivity index (χ1) is 16.2. The number of aryl methyl sites for hydroxylation is 1. The van der Waals surface area contributed by atoms with Gasteiger partial charge in [0.05, 0.1) is 0 Å². The SMILES string of the molecule is Cc1ccc(C(C)(c2ccccc2)c2ccccc2)c(O)c1C=NC1CCC(C(C)(C)C)CC1. The molecule has 1 aliphatic rings. The lowest BCUT2D eigenvalue weighted by Gasteiger charge is -2.36. The van der Waals surface area contributed by atoms with Crippen LogP contribution < -0.4 is 0 Å². The third-order valence-electron chi connectivity index (χ3n) is 8.01. The molecule has 4 rings (SSSR count). The lowest BCUT2D eigenvalue weighted by atomic mass is 9.70. The summed E-state index contributed by atoms with van der Waals surface area (Å²) < 4.78 is 0. The highest BCUT2D eigenvalue weighted by atomic mass is 16.3. The van der Waals surface area contributed by atoms with Gasteiger partial charge in [0.1, 0.15) is 5.75 Å². The molecule has 1 saturated carbocycles. The molecule has 0 spiro atoms. The van der Waals surface area contributed by atoms with Crippen LogP contribution in [0.2, 0.25) is 0 Å². The normalized spacial score (nSPS) is 19.4. The van der Waals surface area contributed by atoms with E-state index in [0.29, 0.717) is 17.2 Å². The van der Waals surface area contributed by atoms with E-state index >= 15 is 0 Å². The van der Waals surface area contributed by atoms with Crippen molar-refractivity contribution in [3.8, 4) is 5.75 Å². The van der Waals surface area contributed by atoms with Gasteiger partial charge in [0.2, 0.25) is 0 Å². The number of phenolic OH excluding ortho intramolecular Hbond substituents is 1. The minimum Gasteiger partial charge on any atom is -0.507 e. The van der Waals surface area contributed by atoms with Crippen LogP contribution in [0.4, 0.5) is 0 Å². The van der Waals surface area contributed by atoms with E-state index < -0.39 is 5.41 Å². The minimum atomic E-state index is -0.479. The second kappa shape index (κ2) is 9.78. The predicted octanol–water partition coefficient (Wildman–Crippen LogP) is 8.08. The Kier molecular flexibility index (Phi) is 6.98. The Hall–Kier alpha value is -2.87. The number of rotatable bonds is 5. The fourth-order valence-corrected chi connectivity index (χ4v) is 5.57. The largest absolute Gasteiger partial charge is 0.507 e. The van der Waals surface area contributed by atoms with Gasteiger partial charge in [-0.15, -0.1) is 0 Å². The van der Waals surface area contributed by atoms with Crippen molar-refractivity contribution in [3.05, 3.63) is 101 Å². The van der Waals surface area contributed by atoms with Crippen LogP contribution in [0, 0.1) is 18.3 Å². The summed E-state index contributed by atoms with van der Waals surface area (Å²) in [5, 5.41) is 11.6. The average Bonchev–Trinajstić information content (AvgIpc) is 2.84. The molecule has 0 saturated heterocycles. The van der Waals surface area contributed by atoms with Gasteiger partial charge in [-0.05, 0) is 67.6 Å². The molecule has 0 unspecified atom stereocenters. The van der Waals surface area contributed by atoms with E-state index in [9.17, 15) is 5.11 Å². The zero-order valence-corrected chi connectivity index (χ0v) is 21.4. The molecule has 0 amide bonds. The zero-order chi connectivity index (χ0) is 24.3. The van der Waals surface area contributed by atoms with Crippen molar-refractivity contribution >= 4 is 6.21 Å². The summed E-state index contributed by atoms with van der Waals surface area (Å²) in [4.78, 5) is 4.98. The van der Waals surface area contributed by atoms with Crippen LogP contribution >= 0.6 is 0 Å². The maximum absolute atomic E-state index is 11.6. The maximum Gasteiger partial charge on any atom is 0.129 e. The zero-order valence-electron chi connectivity index (χ0n) is 21.4. The molecular formula is C32H39NO. The summed E-state index contributed by atoms with van der Waals surface area (Å²) >= 11 is 0. The molecule has 0 bridgehead atoms. The van der Waals surface area contributed by atoms with Crippen LogP contribution in [0.15, 0.2) is 77.8 Å². The summed E-state index contributed by atoms with van der Waals surface area (Å²) in [7, 11) is 0. The second-order valence-corrected chi connectivity index (χ2v) is 11.2. The van der Waals surface area contributed by atoms with E-state index in [1.54, 1.807) is 0 Å². The van der Waals surface area contributed by atoms with Gasteiger partial charge >= 0.3 is 0 Å². The molecule has 0 aliphatic heterocycles. The number of phenols is 1. The number of hydrogen-bond donors (Lipinski definition) is 1. The fraction of sp³-hybridized carbons (Fsp3) is 0.406. The second-order valence-electron chi connectivity index (χ2n) is 11.2. The Labute approximate surface area is 205 Å². The summed E-state index contributed by atoms with van der Waals surface area (Å²) in [6.07, 6.45) is 6.66. The fourth-order valence-electron chi connectivity index (χ4n) is 5.57. The molecule has 0 heterocycles. The van der Waals surface area contributed by atoms with Gasteiger partial charge in [-0.3, -0.25) is 4.99 Å². The molecule has 1 aliphatic carbocycles. The van der Waals surface area contributed by atoms with Crippen molar-refractivity contribution in [3.63, 3.8) is 0 Å². The number of aliphatic imine (C=N–C) groups is 1. The van der Waals surface area contributed by atoms with E-state index in [4.69, 9.17) is 4.99 Å². The van der Waals surface area contributed by atoms with Crippen LogP contribution in [0.25, 0.3) is 0 Å².